The second-order valence-corrected chi connectivity index (χ2v) is 3.66. The fourth-order valence-electron chi connectivity index (χ4n) is 1.52. The Morgan fingerprint density at radius 2 is 2.00 bits per heavy atom. The highest BCUT2D eigenvalue weighted by atomic mass is 16.5. The Morgan fingerprint density at radius 3 is 2.67 bits per heavy atom. The molecule has 0 atom stereocenters. The number of hydrogen-bond donors (Lipinski definition) is 1. The van der Waals surface area contributed by atoms with Crippen molar-refractivity contribution in [3.8, 4) is 0 Å². The maximum Gasteiger partial charge on any atom is 0.0597 e. The van der Waals surface area contributed by atoms with Gasteiger partial charge in [0, 0.05) is 32.7 Å². The van der Waals surface area contributed by atoms with Gasteiger partial charge in [-0.25, -0.2) is 0 Å². The predicted molar refractivity (Wildman–Crippen MR) is 48.3 cm³/mol. The van der Waals surface area contributed by atoms with Gasteiger partial charge in [-0.1, -0.05) is 0 Å². The summed E-state index contributed by atoms with van der Waals surface area (Å²) in [7, 11) is 0. The van der Waals surface area contributed by atoms with E-state index in [0.717, 1.165) is 26.2 Å². The van der Waals surface area contributed by atoms with E-state index in [0.29, 0.717) is 6.10 Å². The van der Waals surface area contributed by atoms with Crippen molar-refractivity contribution in [2.45, 2.75) is 18.9 Å². The van der Waals surface area contributed by atoms with Gasteiger partial charge in [-0.2, -0.15) is 0 Å². The Hall–Kier alpha value is -0.120. The zero-order valence-corrected chi connectivity index (χ0v) is 7.59. The van der Waals surface area contributed by atoms with Crippen molar-refractivity contribution in [3.63, 3.8) is 0 Å². The number of nitrogens with one attached hydrogen (secondary N) is 1. The van der Waals surface area contributed by atoms with E-state index in [2.05, 4.69) is 10.2 Å². The van der Waals surface area contributed by atoms with Gasteiger partial charge in [-0.3, -0.25) is 4.90 Å². The van der Waals surface area contributed by atoms with Gasteiger partial charge >= 0.3 is 0 Å². The monoisotopic (exact) mass is 170 g/mol. The minimum atomic E-state index is 0.618. The van der Waals surface area contributed by atoms with E-state index < -0.39 is 0 Å². The van der Waals surface area contributed by atoms with Crippen LogP contribution in [0.25, 0.3) is 0 Å². The van der Waals surface area contributed by atoms with Gasteiger partial charge in [-0.15, -0.1) is 0 Å². The third-order valence-electron chi connectivity index (χ3n) is 2.50. The molecule has 1 aliphatic carbocycles. The zero-order chi connectivity index (χ0) is 8.23. The molecule has 0 radical (unpaired) electrons. The summed E-state index contributed by atoms with van der Waals surface area (Å²) >= 11 is 0. The van der Waals surface area contributed by atoms with Crippen LogP contribution >= 0.6 is 0 Å². The van der Waals surface area contributed by atoms with Crippen LogP contribution < -0.4 is 5.32 Å². The second kappa shape index (κ2) is 4.21. The lowest BCUT2D eigenvalue weighted by atomic mass is 10.4. The fourth-order valence-corrected chi connectivity index (χ4v) is 1.52. The third-order valence-corrected chi connectivity index (χ3v) is 2.50. The van der Waals surface area contributed by atoms with E-state index in [4.69, 9.17) is 4.74 Å². The van der Waals surface area contributed by atoms with Crippen LogP contribution in [0.4, 0.5) is 0 Å². The van der Waals surface area contributed by atoms with Gasteiger partial charge < -0.3 is 10.1 Å². The van der Waals surface area contributed by atoms with Crippen molar-refractivity contribution in [2.24, 2.45) is 0 Å². The topological polar surface area (TPSA) is 24.5 Å². The van der Waals surface area contributed by atoms with Crippen LogP contribution in [0.3, 0.4) is 0 Å². The lowest BCUT2D eigenvalue weighted by Gasteiger charge is -2.26. The molecular formula is C9H18N2O. The lowest BCUT2D eigenvalue weighted by Crippen LogP contribution is -2.44. The van der Waals surface area contributed by atoms with Gasteiger partial charge in [0.25, 0.3) is 0 Å². The van der Waals surface area contributed by atoms with Gasteiger partial charge in [-0.05, 0) is 12.8 Å². The van der Waals surface area contributed by atoms with Crippen molar-refractivity contribution in [1.82, 2.24) is 10.2 Å². The number of piperazine rings is 1. The summed E-state index contributed by atoms with van der Waals surface area (Å²) in [4.78, 5) is 2.47. The Bertz CT molecular complexity index is 130. The molecule has 3 heteroatoms. The molecule has 1 N–H and O–H groups in total. The maximum absolute atomic E-state index is 5.59. The fraction of sp³-hybridized carbons (Fsp3) is 1.00. The molecule has 1 heterocycles. The van der Waals surface area contributed by atoms with Crippen LogP contribution in [0.15, 0.2) is 0 Å². The summed E-state index contributed by atoms with van der Waals surface area (Å²) in [5, 5.41) is 3.34. The highest BCUT2D eigenvalue weighted by Gasteiger charge is 2.22. The summed E-state index contributed by atoms with van der Waals surface area (Å²) < 4.78 is 5.59. The standard InChI is InChI=1S/C9H18N2O/c1-2-9(1)12-8-7-11-5-3-10-4-6-11/h9-10H,1-8H2. The molecule has 12 heavy (non-hydrogen) atoms. The van der Waals surface area contributed by atoms with E-state index in [-0.39, 0.29) is 0 Å². The molecule has 0 amide bonds. The third kappa shape index (κ3) is 2.73. The molecule has 1 saturated heterocycles. The van der Waals surface area contributed by atoms with Crippen LogP contribution in [0.5, 0.6) is 0 Å². The second-order valence-electron chi connectivity index (χ2n) is 3.66. The molecule has 1 saturated carbocycles. The highest BCUT2D eigenvalue weighted by molar-refractivity contribution is 4.74. The van der Waals surface area contributed by atoms with E-state index >= 15 is 0 Å². The minimum Gasteiger partial charge on any atom is -0.377 e. The normalized spacial score (nSPS) is 26.0. The molecule has 1 aliphatic heterocycles. The van der Waals surface area contributed by atoms with Crippen LogP contribution in [-0.2, 0) is 4.74 Å². The van der Waals surface area contributed by atoms with Crippen molar-refractivity contribution in [3.05, 3.63) is 0 Å². The average Bonchev–Trinajstić information content (AvgIpc) is 2.90. The first-order chi connectivity index (χ1) is 5.95. The summed E-state index contributed by atoms with van der Waals surface area (Å²) in [6.45, 7) is 6.72. The summed E-state index contributed by atoms with van der Waals surface area (Å²) in [5.41, 5.74) is 0. The van der Waals surface area contributed by atoms with E-state index in [1.54, 1.807) is 0 Å². The molecule has 3 nitrogen and oxygen atoms in total. The highest BCUT2D eigenvalue weighted by Crippen LogP contribution is 2.22. The van der Waals surface area contributed by atoms with Crippen molar-refractivity contribution >= 4 is 0 Å². The minimum absolute atomic E-state index is 0.618. The van der Waals surface area contributed by atoms with Crippen LogP contribution in [0.1, 0.15) is 12.8 Å². The Kier molecular flexibility index (Phi) is 2.98. The van der Waals surface area contributed by atoms with Gasteiger partial charge in [0.1, 0.15) is 0 Å². The molecule has 70 valence electrons. The molecule has 0 spiro atoms. The Morgan fingerprint density at radius 1 is 1.25 bits per heavy atom. The average molecular weight is 170 g/mol. The summed E-state index contributed by atoms with van der Waals surface area (Å²) in [6, 6.07) is 0. The predicted octanol–water partition coefficient (Wildman–Crippen LogP) is 0.0706. The van der Waals surface area contributed by atoms with Gasteiger partial charge in [0.05, 0.1) is 12.7 Å². The molecule has 2 fully saturated rings. The molecule has 0 aromatic heterocycles. The molecule has 0 aromatic carbocycles. The van der Waals surface area contributed by atoms with Crippen molar-refractivity contribution in [1.29, 1.82) is 0 Å². The Balaban J connectivity index is 1.52. The quantitative estimate of drug-likeness (QED) is 0.646. The van der Waals surface area contributed by atoms with Crippen LogP contribution in [-0.4, -0.2) is 50.3 Å². The molecule has 2 rings (SSSR count). The lowest BCUT2D eigenvalue weighted by molar-refractivity contribution is 0.0879. The van der Waals surface area contributed by atoms with Gasteiger partial charge in [0.2, 0.25) is 0 Å². The first-order valence-electron chi connectivity index (χ1n) is 5.00. The first-order valence-corrected chi connectivity index (χ1v) is 5.00. The van der Waals surface area contributed by atoms with Crippen LogP contribution in [0.2, 0.25) is 0 Å². The van der Waals surface area contributed by atoms with E-state index in [1.807, 2.05) is 0 Å². The van der Waals surface area contributed by atoms with Crippen molar-refractivity contribution in [2.75, 3.05) is 39.3 Å². The smallest absolute Gasteiger partial charge is 0.0597 e. The molecule has 0 bridgehead atoms. The van der Waals surface area contributed by atoms with Gasteiger partial charge in [0.15, 0.2) is 0 Å². The zero-order valence-electron chi connectivity index (χ0n) is 7.59. The van der Waals surface area contributed by atoms with Crippen molar-refractivity contribution < 1.29 is 4.74 Å². The molecule has 0 unspecified atom stereocenters. The number of ether oxygens (including phenoxy) is 1. The largest absolute Gasteiger partial charge is 0.377 e. The molecule has 0 aromatic rings. The molecule has 2 aliphatic rings. The summed E-state index contributed by atoms with van der Waals surface area (Å²) in [6.07, 6.45) is 3.20. The first kappa shape index (κ1) is 8.48. The Labute approximate surface area is 74.1 Å². The number of nitrogens with zero attached hydrogens (tertiary/aromatic N) is 1. The SMILES string of the molecule is C1CN(CCOC2CC2)CCN1. The number of rotatable bonds is 4. The van der Waals surface area contributed by atoms with E-state index in [9.17, 15) is 0 Å². The maximum atomic E-state index is 5.59. The van der Waals surface area contributed by atoms with E-state index in [1.165, 1.54) is 25.9 Å². The van der Waals surface area contributed by atoms with Crippen LogP contribution in [0, 0.1) is 0 Å². The molecular weight excluding hydrogens is 152 g/mol. The summed E-state index contributed by atoms with van der Waals surface area (Å²) in [5.74, 6) is 0. The number of hydrogen-bond acceptors (Lipinski definition) is 3.